The molecule has 1 unspecified atom stereocenters. The minimum atomic E-state index is -0.891. The molecule has 3 aromatic rings. The Morgan fingerprint density at radius 3 is 2.38 bits per heavy atom. The predicted octanol–water partition coefficient (Wildman–Crippen LogP) is 1.97. The Labute approximate surface area is 167 Å². The number of carbonyl (C=O) groups excluding carboxylic acids is 2. The molecule has 9 heteroatoms. The average molecular weight is 391 g/mol. The van der Waals surface area contributed by atoms with Gasteiger partial charge in [0.15, 0.2) is 0 Å². The van der Waals surface area contributed by atoms with E-state index in [-0.39, 0.29) is 17.3 Å². The summed E-state index contributed by atoms with van der Waals surface area (Å²) in [4.78, 5) is 36.1. The normalized spacial score (nSPS) is 11.5. The van der Waals surface area contributed by atoms with Crippen molar-refractivity contribution in [2.24, 2.45) is 11.5 Å². The zero-order chi connectivity index (χ0) is 21.0. The summed E-state index contributed by atoms with van der Waals surface area (Å²) < 4.78 is 0. The molecule has 0 spiro atoms. The van der Waals surface area contributed by atoms with E-state index in [1.807, 2.05) is 32.0 Å². The number of nitrogens with one attached hydrogen (secondary N) is 2. The lowest BCUT2D eigenvalue weighted by Gasteiger charge is -2.17. The first-order valence-corrected chi connectivity index (χ1v) is 8.81. The van der Waals surface area contributed by atoms with Gasteiger partial charge in [-0.1, -0.05) is 12.1 Å². The van der Waals surface area contributed by atoms with Crippen molar-refractivity contribution in [2.45, 2.75) is 19.9 Å². The highest BCUT2D eigenvalue weighted by Crippen LogP contribution is 2.23. The first-order chi connectivity index (χ1) is 13.8. The van der Waals surface area contributed by atoms with Gasteiger partial charge < -0.3 is 22.1 Å². The standard InChI is InChI=1S/C20H21N7O2/c1-11-6-12(2)8-14(7-11)25-19-15(17(21)28)10-24-20(27-19)26-16(18(22)29)13-4-3-5-23-9-13/h3-10,16H,1-2H3,(H2,21,28)(H2,22,29)(H2,24,25,26,27). The third-order valence-electron chi connectivity index (χ3n) is 4.11. The molecule has 29 heavy (non-hydrogen) atoms. The monoisotopic (exact) mass is 391 g/mol. The zero-order valence-corrected chi connectivity index (χ0v) is 16.0. The van der Waals surface area contributed by atoms with Crippen molar-refractivity contribution in [1.29, 1.82) is 0 Å². The maximum atomic E-state index is 11.9. The number of hydrogen-bond donors (Lipinski definition) is 4. The van der Waals surface area contributed by atoms with Gasteiger partial charge in [-0.2, -0.15) is 4.98 Å². The van der Waals surface area contributed by atoms with E-state index in [0.29, 0.717) is 5.56 Å². The van der Waals surface area contributed by atoms with Gasteiger partial charge in [-0.25, -0.2) is 4.98 Å². The number of pyridine rings is 1. The third kappa shape index (κ3) is 4.83. The number of aromatic nitrogens is 3. The van der Waals surface area contributed by atoms with Gasteiger partial charge in [-0.15, -0.1) is 0 Å². The molecule has 2 amide bonds. The third-order valence-corrected chi connectivity index (χ3v) is 4.11. The molecule has 0 radical (unpaired) electrons. The fourth-order valence-corrected chi connectivity index (χ4v) is 2.91. The van der Waals surface area contributed by atoms with E-state index < -0.39 is 17.9 Å². The van der Waals surface area contributed by atoms with Gasteiger partial charge in [-0.05, 0) is 43.2 Å². The van der Waals surface area contributed by atoms with E-state index in [1.165, 1.54) is 12.4 Å². The number of nitrogens with two attached hydrogens (primary N) is 2. The molecule has 0 bridgehead atoms. The van der Waals surface area contributed by atoms with Crippen LogP contribution in [0.5, 0.6) is 0 Å². The number of hydrogen-bond acceptors (Lipinski definition) is 7. The number of anilines is 3. The highest BCUT2D eigenvalue weighted by atomic mass is 16.1. The summed E-state index contributed by atoms with van der Waals surface area (Å²) in [7, 11) is 0. The number of nitrogens with zero attached hydrogens (tertiary/aromatic N) is 3. The molecule has 148 valence electrons. The van der Waals surface area contributed by atoms with Crippen LogP contribution in [-0.2, 0) is 4.79 Å². The summed E-state index contributed by atoms with van der Waals surface area (Å²) in [6.45, 7) is 3.93. The number of aryl methyl sites for hydroxylation is 2. The van der Waals surface area contributed by atoms with Crippen molar-refractivity contribution < 1.29 is 9.59 Å². The summed E-state index contributed by atoms with van der Waals surface area (Å²) in [5.41, 5.74) is 14.5. The van der Waals surface area contributed by atoms with Crippen molar-refractivity contribution in [3.05, 3.63) is 71.2 Å². The molecule has 0 aliphatic heterocycles. The molecular formula is C20H21N7O2. The summed E-state index contributed by atoms with van der Waals surface area (Å²) in [5.74, 6) is -0.976. The second-order valence-corrected chi connectivity index (χ2v) is 6.59. The average Bonchev–Trinajstić information content (AvgIpc) is 2.65. The van der Waals surface area contributed by atoms with E-state index in [4.69, 9.17) is 11.5 Å². The second kappa shape index (κ2) is 8.34. The lowest BCUT2D eigenvalue weighted by molar-refractivity contribution is -0.118. The smallest absolute Gasteiger partial charge is 0.254 e. The van der Waals surface area contributed by atoms with Crippen molar-refractivity contribution in [1.82, 2.24) is 15.0 Å². The number of carbonyl (C=O) groups is 2. The van der Waals surface area contributed by atoms with Crippen molar-refractivity contribution >= 4 is 29.3 Å². The molecule has 0 fully saturated rings. The molecule has 9 nitrogen and oxygen atoms in total. The van der Waals surface area contributed by atoms with Crippen LogP contribution in [0, 0.1) is 13.8 Å². The second-order valence-electron chi connectivity index (χ2n) is 6.59. The summed E-state index contributed by atoms with van der Waals surface area (Å²) in [6.07, 6.45) is 4.41. The number of rotatable bonds is 7. The largest absolute Gasteiger partial charge is 0.368 e. The van der Waals surface area contributed by atoms with Gasteiger partial charge in [0.05, 0.1) is 0 Å². The summed E-state index contributed by atoms with van der Waals surface area (Å²) >= 11 is 0. The molecule has 2 aromatic heterocycles. The predicted molar refractivity (Wildman–Crippen MR) is 110 cm³/mol. The van der Waals surface area contributed by atoms with Gasteiger partial charge in [0.25, 0.3) is 5.91 Å². The molecule has 1 aromatic carbocycles. The molecule has 1 atom stereocenters. The highest BCUT2D eigenvalue weighted by Gasteiger charge is 2.20. The zero-order valence-electron chi connectivity index (χ0n) is 16.0. The van der Waals surface area contributed by atoms with Crippen molar-refractivity contribution in [2.75, 3.05) is 10.6 Å². The van der Waals surface area contributed by atoms with Gasteiger partial charge in [-0.3, -0.25) is 14.6 Å². The van der Waals surface area contributed by atoms with Crippen LogP contribution in [0.3, 0.4) is 0 Å². The van der Waals surface area contributed by atoms with E-state index in [2.05, 4.69) is 25.6 Å². The summed E-state index contributed by atoms with van der Waals surface area (Å²) in [6, 6.07) is 8.36. The van der Waals surface area contributed by atoms with Crippen molar-refractivity contribution in [3.63, 3.8) is 0 Å². The Bertz CT molecular complexity index is 1030. The van der Waals surface area contributed by atoms with Crippen molar-refractivity contribution in [3.8, 4) is 0 Å². The minimum Gasteiger partial charge on any atom is -0.368 e. The SMILES string of the molecule is Cc1cc(C)cc(Nc2nc(NC(C(N)=O)c3cccnc3)ncc2C(N)=O)c1. The van der Waals surface area contributed by atoms with Crippen LogP contribution in [0.1, 0.15) is 33.1 Å². The Morgan fingerprint density at radius 1 is 1.07 bits per heavy atom. The summed E-state index contributed by atoms with van der Waals surface area (Å²) in [5, 5.41) is 5.98. The lowest BCUT2D eigenvalue weighted by atomic mass is 10.1. The highest BCUT2D eigenvalue weighted by molar-refractivity contribution is 5.98. The Kier molecular flexibility index (Phi) is 5.68. The maximum absolute atomic E-state index is 11.9. The first kappa shape index (κ1) is 19.7. The Hall–Kier alpha value is -4.01. The van der Waals surface area contributed by atoms with Crippen LogP contribution in [-0.4, -0.2) is 26.8 Å². The number of benzene rings is 1. The Morgan fingerprint density at radius 2 is 1.79 bits per heavy atom. The molecule has 3 rings (SSSR count). The van der Waals surface area contributed by atoms with Gasteiger partial charge in [0.2, 0.25) is 11.9 Å². The molecule has 0 saturated heterocycles. The molecule has 0 aliphatic carbocycles. The van der Waals surface area contributed by atoms with Gasteiger partial charge >= 0.3 is 0 Å². The molecular weight excluding hydrogens is 370 g/mol. The quantitative estimate of drug-likeness (QED) is 0.481. The maximum Gasteiger partial charge on any atom is 0.254 e. The number of amides is 2. The van der Waals surface area contributed by atoms with Crippen LogP contribution in [0.2, 0.25) is 0 Å². The lowest BCUT2D eigenvalue weighted by Crippen LogP contribution is -2.28. The molecule has 0 aliphatic rings. The fraction of sp³-hybridized carbons (Fsp3) is 0.150. The van der Waals surface area contributed by atoms with E-state index in [0.717, 1.165) is 16.8 Å². The van der Waals surface area contributed by atoms with Crippen LogP contribution in [0.25, 0.3) is 0 Å². The first-order valence-electron chi connectivity index (χ1n) is 8.81. The van der Waals surface area contributed by atoms with Crippen LogP contribution < -0.4 is 22.1 Å². The topological polar surface area (TPSA) is 149 Å². The van der Waals surface area contributed by atoms with E-state index in [1.54, 1.807) is 18.3 Å². The van der Waals surface area contributed by atoms with Crippen LogP contribution in [0.4, 0.5) is 17.5 Å². The molecule has 6 N–H and O–H groups in total. The van der Waals surface area contributed by atoms with Gasteiger partial charge in [0, 0.05) is 29.8 Å². The fourth-order valence-electron chi connectivity index (χ4n) is 2.91. The van der Waals surface area contributed by atoms with Crippen LogP contribution in [0.15, 0.2) is 48.9 Å². The van der Waals surface area contributed by atoms with E-state index in [9.17, 15) is 9.59 Å². The minimum absolute atomic E-state index is 0.106. The number of primary amides is 2. The Balaban J connectivity index is 1.95. The van der Waals surface area contributed by atoms with Gasteiger partial charge in [0.1, 0.15) is 17.4 Å². The molecule has 2 heterocycles. The molecule has 0 saturated carbocycles. The van der Waals surface area contributed by atoms with E-state index >= 15 is 0 Å². The van der Waals surface area contributed by atoms with Crippen LogP contribution >= 0.6 is 0 Å².